The number of hydrogen-bond donors (Lipinski definition) is 1. The van der Waals surface area contributed by atoms with Crippen molar-refractivity contribution in [1.82, 2.24) is 13.9 Å². The summed E-state index contributed by atoms with van der Waals surface area (Å²) in [6.45, 7) is 4.24. The Hall–Kier alpha value is -0.170. The number of piperidine rings is 1. The smallest absolute Gasteiger partial charge is 0.282 e. The molecule has 0 bridgehead atoms. The maximum absolute atomic E-state index is 13.0. The lowest BCUT2D eigenvalue weighted by Gasteiger charge is -2.38. The lowest BCUT2D eigenvalue weighted by Crippen LogP contribution is -2.54. The lowest BCUT2D eigenvalue weighted by atomic mass is 10.1. The molecule has 0 aromatic carbocycles. The van der Waals surface area contributed by atoms with Gasteiger partial charge in [-0.2, -0.15) is 17.0 Å². The molecule has 1 atom stereocenters. The van der Waals surface area contributed by atoms with E-state index < -0.39 is 10.2 Å². The van der Waals surface area contributed by atoms with Gasteiger partial charge in [0.15, 0.2) is 0 Å². The van der Waals surface area contributed by atoms with Crippen LogP contribution in [0.3, 0.4) is 0 Å². The molecule has 2 fully saturated rings. The number of unbranched alkanes of at least 4 members (excludes halogenated alkanes) is 1. The van der Waals surface area contributed by atoms with Crippen molar-refractivity contribution in [3.8, 4) is 0 Å². The molecule has 0 aromatic heterocycles. The van der Waals surface area contributed by atoms with Crippen molar-refractivity contribution in [3.63, 3.8) is 0 Å². The van der Waals surface area contributed by atoms with Gasteiger partial charge in [-0.25, -0.2) is 0 Å². The first kappa shape index (κ1) is 16.2. The van der Waals surface area contributed by atoms with Crippen molar-refractivity contribution in [2.24, 2.45) is 0 Å². The van der Waals surface area contributed by atoms with Gasteiger partial charge in [0, 0.05) is 31.7 Å². The summed E-state index contributed by atoms with van der Waals surface area (Å²) >= 11 is 0. The number of rotatable bonds is 8. The SMILES string of the molecule is CCCCN(C1CC1)S(=O)(=O)N1CCCCC1CNC. The van der Waals surface area contributed by atoms with Crippen molar-refractivity contribution in [1.29, 1.82) is 0 Å². The van der Waals surface area contributed by atoms with Gasteiger partial charge in [0.05, 0.1) is 0 Å². The molecule has 0 aromatic rings. The van der Waals surface area contributed by atoms with Gasteiger partial charge in [-0.1, -0.05) is 19.8 Å². The molecule has 118 valence electrons. The summed E-state index contributed by atoms with van der Waals surface area (Å²) in [7, 11) is -1.38. The van der Waals surface area contributed by atoms with E-state index in [4.69, 9.17) is 0 Å². The number of nitrogens with one attached hydrogen (secondary N) is 1. The first-order valence-corrected chi connectivity index (χ1v) is 9.44. The highest BCUT2D eigenvalue weighted by molar-refractivity contribution is 7.86. The van der Waals surface area contributed by atoms with Gasteiger partial charge in [0.25, 0.3) is 10.2 Å². The standard InChI is InChI=1S/C14H29N3O2S/c1-3-4-10-16(13-8-9-13)20(18,19)17-11-6-5-7-14(17)12-15-2/h13-15H,3-12H2,1-2H3. The van der Waals surface area contributed by atoms with Crippen LogP contribution < -0.4 is 5.32 Å². The predicted molar refractivity (Wildman–Crippen MR) is 81.8 cm³/mol. The summed E-state index contributed by atoms with van der Waals surface area (Å²) in [4.78, 5) is 0. The van der Waals surface area contributed by atoms with Gasteiger partial charge in [-0.05, 0) is 39.2 Å². The zero-order chi connectivity index (χ0) is 14.6. The van der Waals surface area contributed by atoms with Crippen molar-refractivity contribution in [3.05, 3.63) is 0 Å². The highest BCUT2D eigenvalue weighted by Crippen LogP contribution is 2.33. The third-order valence-electron chi connectivity index (χ3n) is 4.29. The quantitative estimate of drug-likeness (QED) is 0.740. The van der Waals surface area contributed by atoms with E-state index in [0.717, 1.165) is 51.5 Å². The van der Waals surface area contributed by atoms with Gasteiger partial charge in [-0.15, -0.1) is 0 Å². The fraction of sp³-hybridized carbons (Fsp3) is 1.00. The van der Waals surface area contributed by atoms with E-state index >= 15 is 0 Å². The lowest BCUT2D eigenvalue weighted by molar-refractivity contribution is 0.226. The fourth-order valence-electron chi connectivity index (χ4n) is 3.01. The average Bonchev–Trinajstić information content (AvgIpc) is 3.24. The third kappa shape index (κ3) is 3.72. The molecule has 0 spiro atoms. The number of likely N-dealkylation sites (N-methyl/N-ethyl adjacent to an activating group) is 1. The van der Waals surface area contributed by atoms with Crippen LogP contribution in [0.15, 0.2) is 0 Å². The van der Waals surface area contributed by atoms with Crippen LogP contribution in [0.25, 0.3) is 0 Å². The molecule has 2 rings (SSSR count). The van der Waals surface area contributed by atoms with E-state index in [2.05, 4.69) is 12.2 Å². The molecule has 1 saturated heterocycles. The summed E-state index contributed by atoms with van der Waals surface area (Å²) in [6, 6.07) is 0.394. The molecule has 6 heteroatoms. The molecule has 1 unspecified atom stereocenters. The molecule has 2 aliphatic rings. The Morgan fingerprint density at radius 2 is 2.00 bits per heavy atom. The van der Waals surface area contributed by atoms with Gasteiger partial charge in [-0.3, -0.25) is 0 Å². The molecule has 1 saturated carbocycles. The van der Waals surface area contributed by atoms with E-state index in [9.17, 15) is 8.42 Å². The largest absolute Gasteiger partial charge is 0.318 e. The van der Waals surface area contributed by atoms with Crippen LogP contribution in [0.4, 0.5) is 0 Å². The molecule has 1 N–H and O–H groups in total. The molecule has 20 heavy (non-hydrogen) atoms. The maximum atomic E-state index is 13.0. The minimum Gasteiger partial charge on any atom is -0.318 e. The predicted octanol–water partition coefficient (Wildman–Crippen LogP) is 1.57. The Balaban J connectivity index is 2.12. The third-order valence-corrected chi connectivity index (χ3v) is 6.44. The minimum atomic E-state index is -3.28. The van der Waals surface area contributed by atoms with Crippen molar-refractivity contribution >= 4 is 10.2 Å². The summed E-state index contributed by atoms with van der Waals surface area (Å²) in [6.07, 6.45) is 7.18. The summed E-state index contributed by atoms with van der Waals surface area (Å²) in [5.41, 5.74) is 0. The zero-order valence-corrected chi connectivity index (χ0v) is 13.7. The molecule has 1 aliphatic carbocycles. The second kappa shape index (κ2) is 7.20. The minimum absolute atomic E-state index is 0.127. The molecule has 1 aliphatic heterocycles. The fourth-order valence-corrected chi connectivity index (χ4v) is 5.15. The Labute approximate surface area is 123 Å². The van der Waals surface area contributed by atoms with Gasteiger partial charge in [0.2, 0.25) is 0 Å². The molecule has 1 heterocycles. The number of hydrogen-bond acceptors (Lipinski definition) is 3. The van der Waals surface area contributed by atoms with Crippen LogP contribution >= 0.6 is 0 Å². The van der Waals surface area contributed by atoms with Gasteiger partial charge >= 0.3 is 0 Å². The van der Waals surface area contributed by atoms with E-state index in [-0.39, 0.29) is 12.1 Å². The van der Waals surface area contributed by atoms with E-state index in [1.54, 1.807) is 8.61 Å². The Morgan fingerprint density at radius 3 is 2.60 bits per heavy atom. The van der Waals surface area contributed by atoms with Crippen LogP contribution in [0.1, 0.15) is 51.9 Å². The highest BCUT2D eigenvalue weighted by Gasteiger charge is 2.42. The first-order chi connectivity index (χ1) is 9.61. The van der Waals surface area contributed by atoms with Crippen LogP contribution in [-0.2, 0) is 10.2 Å². The number of nitrogens with zero attached hydrogens (tertiary/aromatic N) is 2. The Bertz CT molecular complexity index is 393. The summed E-state index contributed by atoms with van der Waals surface area (Å²) in [5, 5.41) is 3.14. The average molecular weight is 303 g/mol. The topological polar surface area (TPSA) is 52.7 Å². The Morgan fingerprint density at radius 1 is 1.25 bits per heavy atom. The monoisotopic (exact) mass is 303 g/mol. The van der Waals surface area contributed by atoms with E-state index in [0.29, 0.717) is 13.1 Å². The maximum Gasteiger partial charge on any atom is 0.282 e. The molecule has 5 nitrogen and oxygen atoms in total. The van der Waals surface area contributed by atoms with Gasteiger partial charge in [0.1, 0.15) is 0 Å². The molecule has 0 amide bonds. The highest BCUT2D eigenvalue weighted by atomic mass is 32.2. The van der Waals surface area contributed by atoms with E-state index in [1.807, 2.05) is 7.05 Å². The van der Waals surface area contributed by atoms with Crippen molar-refractivity contribution in [2.75, 3.05) is 26.7 Å². The Kier molecular flexibility index (Phi) is 5.84. The van der Waals surface area contributed by atoms with Crippen LogP contribution in [0.2, 0.25) is 0 Å². The van der Waals surface area contributed by atoms with E-state index in [1.165, 1.54) is 0 Å². The summed E-state index contributed by atoms with van der Waals surface area (Å²) < 4.78 is 29.5. The summed E-state index contributed by atoms with van der Waals surface area (Å²) in [5.74, 6) is 0. The van der Waals surface area contributed by atoms with Gasteiger partial charge < -0.3 is 5.32 Å². The molecule has 0 radical (unpaired) electrons. The zero-order valence-electron chi connectivity index (χ0n) is 12.8. The van der Waals surface area contributed by atoms with Crippen LogP contribution in [0, 0.1) is 0 Å². The second-order valence-electron chi connectivity index (χ2n) is 6.02. The first-order valence-electron chi connectivity index (χ1n) is 8.04. The molecular formula is C14H29N3O2S. The normalized spacial score (nSPS) is 25.2. The van der Waals surface area contributed by atoms with Crippen molar-refractivity contribution < 1.29 is 8.42 Å². The molecular weight excluding hydrogens is 274 g/mol. The van der Waals surface area contributed by atoms with Crippen molar-refractivity contribution in [2.45, 2.75) is 64.0 Å². The second-order valence-corrected chi connectivity index (χ2v) is 7.85. The van der Waals surface area contributed by atoms with Crippen LogP contribution in [-0.4, -0.2) is 55.8 Å². The van der Waals surface area contributed by atoms with Crippen LogP contribution in [0.5, 0.6) is 0 Å².